The molecule has 1 aliphatic rings. The summed E-state index contributed by atoms with van der Waals surface area (Å²) in [5.74, 6) is 0.568. The van der Waals surface area contributed by atoms with E-state index in [0.717, 1.165) is 26.5 Å². The molecular weight excluding hydrogens is 642 g/mol. The Hall–Kier alpha value is -4.41. The largest absolute Gasteiger partial charge is 0.490 e. The summed E-state index contributed by atoms with van der Waals surface area (Å²) >= 11 is 4.79. The van der Waals surface area contributed by atoms with Crippen LogP contribution in [-0.2, 0) is 16.1 Å². The zero-order valence-corrected chi connectivity index (χ0v) is 26.9. The summed E-state index contributed by atoms with van der Waals surface area (Å²) in [6.07, 6.45) is 5.47. The van der Waals surface area contributed by atoms with Gasteiger partial charge in [-0.05, 0) is 61.4 Å². The molecule has 0 N–H and O–H groups in total. The molecule has 0 aliphatic carbocycles. The van der Waals surface area contributed by atoms with Crippen molar-refractivity contribution in [3.63, 3.8) is 0 Å². The molecule has 5 aromatic rings. The first-order valence-corrected chi connectivity index (χ1v) is 15.8. The first-order valence-electron chi connectivity index (χ1n) is 14.2. The van der Waals surface area contributed by atoms with Crippen LogP contribution < -0.4 is 24.4 Å². The van der Waals surface area contributed by atoms with E-state index < -0.39 is 12.0 Å². The fourth-order valence-electron chi connectivity index (χ4n) is 5.44. The highest BCUT2D eigenvalue weighted by Gasteiger charge is 2.31. The first-order chi connectivity index (χ1) is 21.4. The molecule has 0 saturated carbocycles. The topological polar surface area (TPSA) is 84.0 Å². The van der Waals surface area contributed by atoms with E-state index in [9.17, 15) is 9.59 Å². The summed E-state index contributed by atoms with van der Waals surface area (Å²) in [6.45, 7) is 5.38. The number of carbonyl (C=O) groups excluding carboxylic acids is 1. The Morgan fingerprint density at radius 1 is 1.02 bits per heavy atom. The van der Waals surface area contributed by atoms with Crippen molar-refractivity contribution in [3.8, 4) is 11.5 Å². The van der Waals surface area contributed by atoms with Crippen molar-refractivity contribution in [1.82, 2.24) is 9.13 Å². The van der Waals surface area contributed by atoms with Crippen molar-refractivity contribution >= 4 is 50.2 Å². The summed E-state index contributed by atoms with van der Waals surface area (Å²) in [5.41, 5.74) is 3.85. The monoisotopic (exact) mass is 671 g/mol. The maximum atomic E-state index is 14.1. The van der Waals surface area contributed by atoms with Gasteiger partial charge >= 0.3 is 5.97 Å². The molecule has 0 amide bonds. The number of halogens is 1. The highest BCUT2D eigenvalue weighted by molar-refractivity contribution is 9.10. The minimum absolute atomic E-state index is 0.246. The van der Waals surface area contributed by atoms with Crippen molar-refractivity contribution in [2.75, 3.05) is 20.3 Å². The lowest BCUT2D eigenvalue weighted by atomic mass is 9.97. The van der Waals surface area contributed by atoms with E-state index in [-0.39, 0.29) is 11.1 Å². The third-order valence-corrected chi connectivity index (χ3v) is 8.91. The van der Waals surface area contributed by atoms with Gasteiger partial charge in [0.25, 0.3) is 5.56 Å². The van der Waals surface area contributed by atoms with Gasteiger partial charge in [-0.3, -0.25) is 9.36 Å². The molecular formula is C34H30BrN3O5S. The average molecular weight is 673 g/mol. The van der Waals surface area contributed by atoms with E-state index in [4.69, 9.17) is 14.2 Å². The Morgan fingerprint density at radius 2 is 1.77 bits per heavy atom. The van der Waals surface area contributed by atoms with E-state index >= 15 is 0 Å². The van der Waals surface area contributed by atoms with E-state index in [1.54, 1.807) is 10.6 Å². The van der Waals surface area contributed by atoms with Gasteiger partial charge in [0.15, 0.2) is 16.3 Å². The smallest absolute Gasteiger partial charge is 0.337 e. The fraction of sp³-hybridized carbons (Fsp3) is 0.206. The Bertz CT molecular complexity index is 2070. The molecule has 2 aromatic heterocycles. The van der Waals surface area contributed by atoms with Gasteiger partial charge in [0, 0.05) is 39.9 Å². The van der Waals surface area contributed by atoms with Crippen molar-refractivity contribution in [2.45, 2.75) is 26.4 Å². The summed E-state index contributed by atoms with van der Waals surface area (Å²) in [5, 5.41) is 1.04. The second-order valence-electron chi connectivity index (χ2n) is 10.1. The predicted molar refractivity (Wildman–Crippen MR) is 175 cm³/mol. The molecule has 0 radical (unpaired) electrons. The molecule has 0 spiro atoms. The van der Waals surface area contributed by atoms with E-state index in [1.807, 2.05) is 56.3 Å². The van der Waals surface area contributed by atoms with Crippen LogP contribution in [0, 0.1) is 0 Å². The molecule has 10 heteroatoms. The van der Waals surface area contributed by atoms with E-state index in [1.165, 1.54) is 24.6 Å². The molecule has 44 heavy (non-hydrogen) atoms. The molecule has 3 heterocycles. The molecule has 6 rings (SSSR count). The molecule has 0 fully saturated rings. The van der Waals surface area contributed by atoms with Crippen LogP contribution in [0.3, 0.4) is 0 Å². The maximum Gasteiger partial charge on any atom is 0.337 e. The lowest BCUT2D eigenvalue weighted by Crippen LogP contribution is -2.39. The number of nitrogens with zero attached hydrogens (tertiary/aromatic N) is 3. The number of benzene rings is 3. The average Bonchev–Trinajstić information content (AvgIpc) is 3.55. The third-order valence-electron chi connectivity index (χ3n) is 7.38. The van der Waals surface area contributed by atoms with Gasteiger partial charge in [-0.2, -0.15) is 0 Å². The molecule has 0 unspecified atom stereocenters. The fourth-order valence-corrected chi connectivity index (χ4v) is 6.66. The Balaban J connectivity index is 1.48. The van der Waals surface area contributed by atoms with E-state index in [0.29, 0.717) is 46.2 Å². The van der Waals surface area contributed by atoms with Gasteiger partial charge in [0.1, 0.15) is 0 Å². The Morgan fingerprint density at radius 3 is 2.52 bits per heavy atom. The summed E-state index contributed by atoms with van der Waals surface area (Å²) in [4.78, 5) is 32.1. The minimum atomic E-state index is -0.755. The van der Waals surface area contributed by atoms with Crippen LogP contribution in [0.25, 0.3) is 17.0 Å². The summed E-state index contributed by atoms with van der Waals surface area (Å²) in [6, 6.07) is 21.1. The second-order valence-corrected chi connectivity index (χ2v) is 12.0. The van der Waals surface area contributed by atoms with Crippen molar-refractivity contribution in [2.24, 2.45) is 4.99 Å². The number of ether oxygens (including phenoxy) is 3. The molecule has 0 bridgehead atoms. The lowest BCUT2D eigenvalue weighted by molar-refractivity contribution is -0.136. The van der Waals surface area contributed by atoms with Gasteiger partial charge in [0.2, 0.25) is 0 Å². The van der Waals surface area contributed by atoms with Gasteiger partial charge in [-0.15, -0.1) is 0 Å². The summed E-state index contributed by atoms with van der Waals surface area (Å²) in [7, 11) is 1.32. The minimum Gasteiger partial charge on any atom is -0.490 e. The molecule has 8 nitrogen and oxygen atoms in total. The van der Waals surface area contributed by atoms with Crippen LogP contribution in [0.4, 0.5) is 0 Å². The van der Waals surface area contributed by atoms with Crippen LogP contribution in [-0.4, -0.2) is 35.4 Å². The summed E-state index contributed by atoms with van der Waals surface area (Å²) < 4.78 is 22.0. The predicted octanol–water partition coefficient (Wildman–Crippen LogP) is 5.58. The SMILES string of the molecule is CCOc1ccc([C@H]2C(C(=O)OC)=CN=c3s/c(=C/c4cn(Cc5ccc(Br)cc5)c5ccccc45)c(=O)n32)cc1OCC. The van der Waals surface area contributed by atoms with Gasteiger partial charge in [-0.1, -0.05) is 63.7 Å². The first kappa shape index (κ1) is 29.7. The number of methoxy groups -OCH3 is 1. The molecule has 1 aliphatic heterocycles. The van der Waals surface area contributed by atoms with Crippen LogP contribution in [0.1, 0.15) is 36.6 Å². The quantitative estimate of drug-likeness (QED) is 0.191. The van der Waals surface area contributed by atoms with Crippen LogP contribution in [0.2, 0.25) is 0 Å². The molecule has 1 atom stereocenters. The number of para-hydroxylation sites is 1. The Kier molecular flexibility index (Phi) is 8.54. The molecule has 0 saturated heterocycles. The number of thiazole rings is 1. The van der Waals surface area contributed by atoms with Crippen molar-refractivity contribution in [3.05, 3.63) is 126 Å². The maximum absolute atomic E-state index is 14.1. The van der Waals surface area contributed by atoms with Crippen molar-refractivity contribution < 1.29 is 19.0 Å². The third kappa shape index (κ3) is 5.62. The standard InChI is InChI=1S/C34H30BrN3O5S/c1-4-42-28-15-12-22(16-29(28)43-5-2)31-26(33(40)41-3)18-36-34-38(31)32(39)30(44-34)17-23-20-37(27-9-7-6-8-25(23)27)19-21-10-13-24(35)14-11-21/h6-18,20,31H,4-5,19H2,1-3H3/b30-17+/t31-/m0/s1. The zero-order valence-electron chi connectivity index (χ0n) is 24.5. The zero-order chi connectivity index (χ0) is 30.8. The second kappa shape index (κ2) is 12.7. The van der Waals surface area contributed by atoms with Gasteiger partial charge < -0.3 is 18.8 Å². The number of hydrogen-bond donors (Lipinski definition) is 0. The number of rotatable bonds is 9. The Labute approximate surface area is 266 Å². The lowest BCUT2D eigenvalue weighted by Gasteiger charge is -2.23. The normalized spacial score (nSPS) is 14.6. The number of aromatic nitrogens is 2. The van der Waals surface area contributed by atoms with Crippen molar-refractivity contribution in [1.29, 1.82) is 0 Å². The number of hydrogen-bond acceptors (Lipinski definition) is 7. The highest BCUT2D eigenvalue weighted by atomic mass is 79.9. The number of fused-ring (bicyclic) bond motifs is 2. The van der Waals surface area contributed by atoms with Gasteiger partial charge in [0.05, 0.1) is 36.5 Å². The van der Waals surface area contributed by atoms with Crippen LogP contribution in [0.15, 0.2) is 99.0 Å². The van der Waals surface area contributed by atoms with E-state index in [2.05, 4.69) is 56.0 Å². The van der Waals surface area contributed by atoms with Crippen LogP contribution in [0.5, 0.6) is 11.5 Å². The van der Waals surface area contributed by atoms with Crippen LogP contribution >= 0.6 is 27.3 Å². The number of carbonyl (C=O) groups is 1. The van der Waals surface area contributed by atoms with Gasteiger partial charge in [-0.25, -0.2) is 9.79 Å². The molecule has 224 valence electrons. The number of esters is 1. The highest BCUT2D eigenvalue weighted by Crippen LogP contribution is 2.35. The molecule has 3 aromatic carbocycles.